The fourth-order valence-electron chi connectivity index (χ4n) is 0.551. The molecule has 0 saturated carbocycles. The van der Waals surface area contributed by atoms with Crippen LogP contribution in [0.1, 0.15) is 5.56 Å². The number of halogens is 1. The average Bonchev–Trinajstić information content (AvgIpc) is 2.31. The van der Waals surface area contributed by atoms with E-state index in [4.69, 9.17) is 0 Å². The second-order valence-electron chi connectivity index (χ2n) is 1.78. The van der Waals surface area contributed by atoms with Crippen LogP contribution in [0.2, 0.25) is 0 Å². The molecule has 5 heteroatoms. The van der Waals surface area contributed by atoms with Crippen molar-refractivity contribution in [1.82, 2.24) is 0 Å². The van der Waals surface area contributed by atoms with Gasteiger partial charge >= 0.3 is 0 Å². The third-order valence-corrected chi connectivity index (χ3v) is 2.77. The van der Waals surface area contributed by atoms with E-state index < -0.39 is 4.92 Å². The Morgan fingerprint density at radius 2 is 2.36 bits per heavy atom. The Morgan fingerprint density at radius 1 is 1.64 bits per heavy atom. The summed E-state index contributed by atoms with van der Waals surface area (Å²) in [7, 11) is 0. The number of nitrogens with zero attached hydrogens (tertiary/aromatic N) is 1. The molecule has 11 heavy (non-hydrogen) atoms. The summed E-state index contributed by atoms with van der Waals surface area (Å²) in [5, 5.41) is 13.6. The molecule has 0 saturated heterocycles. The van der Waals surface area contributed by atoms with Gasteiger partial charge in [0.1, 0.15) is 0 Å². The minimum atomic E-state index is -0.482. The lowest BCUT2D eigenvalue weighted by Gasteiger charge is -1.83. The molecule has 0 aliphatic carbocycles. The highest BCUT2D eigenvalue weighted by molar-refractivity contribution is 9.10. The Hall–Kier alpha value is -0.680. The van der Waals surface area contributed by atoms with Crippen LogP contribution in [0.5, 0.6) is 0 Å². The van der Waals surface area contributed by atoms with Crippen molar-refractivity contribution in [2.24, 2.45) is 0 Å². The predicted molar refractivity (Wildman–Crippen MR) is 48.0 cm³/mol. The summed E-state index contributed by atoms with van der Waals surface area (Å²) >= 11 is 4.75. The van der Waals surface area contributed by atoms with Gasteiger partial charge in [-0.15, -0.1) is 0 Å². The molecule has 3 nitrogen and oxygen atoms in total. The van der Waals surface area contributed by atoms with E-state index >= 15 is 0 Å². The molecule has 0 fully saturated rings. The molecule has 1 aromatic heterocycles. The molecule has 0 atom stereocenters. The Bertz CT molecular complexity index is 295. The highest BCUT2D eigenvalue weighted by Crippen LogP contribution is 2.22. The van der Waals surface area contributed by atoms with Gasteiger partial charge in [-0.3, -0.25) is 10.1 Å². The normalized spacial score (nSPS) is 10.6. The largest absolute Gasteiger partial charge is 0.259 e. The molecular formula is C6H4BrNO2S. The zero-order valence-electron chi connectivity index (χ0n) is 5.36. The maximum Gasteiger partial charge on any atom is 0.235 e. The Labute approximate surface area is 75.6 Å². The summed E-state index contributed by atoms with van der Waals surface area (Å²) in [4.78, 5) is 9.43. The molecule has 0 N–H and O–H groups in total. The number of hydrogen-bond acceptors (Lipinski definition) is 3. The van der Waals surface area contributed by atoms with Crippen LogP contribution in [0.25, 0.3) is 6.08 Å². The van der Waals surface area contributed by atoms with Crippen LogP contribution in [0.15, 0.2) is 21.4 Å². The first-order valence-corrected chi connectivity index (χ1v) is 4.47. The molecular weight excluding hydrogens is 230 g/mol. The molecule has 0 radical (unpaired) electrons. The SMILES string of the molecule is O=[N+]([O-])/C=C\c1cscc1Br. The molecule has 58 valence electrons. The molecule has 0 aromatic carbocycles. The third-order valence-electron chi connectivity index (χ3n) is 1.02. The Morgan fingerprint density at radius 3 is 2.82 bits per heavy atom. The number of nitro groups is 1. The third kappa shape index (κ3) is 2.44. The van der Waals surface area contributed by atoms with E-state index in [2.05, 4.69) is 15.9 Å². The van der Waals surface area contributed by atoms with E-state index in [0.717, 1.165) is 16.2 Å². The van der Waals surface area contributed by atoms with Crippen LogP contribution in [0, 0.1) is 10.1 Å². The Balaban J connectivity index is 2.79. The van der Waals surface area contributed by atoms with E-state index in [1.165, 1.54) is 17.4 Å². The van der Waals surface area contributed by atoms with E-state index in [1.807, 2.05) is 10.8 Å². The first-order chi connectivity index (χ1) is 5.20. The number of thiophene rings is 1. The van der Waals surface area contributed by atoms with Gasteiger partial charge in [0.25, 0.3) is 0 Å². The van der Waals surface area contributed by atoms with E-state index in [0.29, 0.717) is 0 Å². The van der Waals surface area contributed by atoms with Crippen molar-refractivity contribution in [3.05, 3.63) is 37.1 Å². The summed E-state index contributed by atoms with van der Waals surface area (Å²) in [6.45, 7) is 0. The average molecular weight is 234 g/mol. The molecule has 0 amide bonds. The fourth-order valence-corrected chi connectivity index (χ4v) is 1.95. The van der Waals surface area contributed by atoms with Gasteiger partial charge in [-0.2, -0.15) is 11.3 Å². The second kappa shape index (κ2) is 3.64. The lowest BCUT2D eigenvalue weighted by atomic mass is 10.3. The molecule has 0 spiro atoms. The zero-order valence-corrected chi connectivity index (χ0v) is 7.76. The van der Waals surface area contributed by atoms with E-state index in [1.54, 1.807) is 0 Å². The van der Waals surface area contributed by atoms with Crippen molar-refractivity contribution >= 4 is 33.3 Å². The summed E-state index contributed by atoms with van der Waals surface area (Å²) < 4.78 is 0.889. The van der Waals surface area contributed by atoms with Gasteiger partial charge in [0, 0.05) is 21.5 Å². The van der Waals surface area contributed by atoms with Gasteiger partial charge in [0.2, 0.25) is 6.20 Å². The highest BCUT2D eigenvalue weighted by Gasteiger charge is 1.96. The maximum atomic E-state index is 9.91. The monoisotopic (exact) mass is 233 g/mol. The van der Waals surface area contributed by atoms with Gasteiger partial charge in [-0.05, 0) is 21.3 Å². The van der Waals surface area contributed by atoms with Crippen LogP contribution in [0.3, 0.4) is 0 Å². The number of rotatable bonds is 2. The first kappa shape index (κ1) is 8.42. The smallest absolute Gasteiger partial charge is 0.235 e. The van der Waals surface area contributed by atoms with Crippen molar-refractivity contribution in [2.75, 3.05) is 0 Å². The van der Waals surface area contributed by atoms with Crippen LogP contribution < -0.4 is 0 Å². The quantitative estimate of drug-likeness (QED) is 0.583. The molecule has 0 bridgehead atoms. The van der Waals surface area contributed by atoms with Crippen molar-refractivity contribution in [1.29, 1.82) is 0 Å². The minimum absolute atomic E-state index is 0.482. The van der Waals surface area contributed by atoms with Crippen molar-refractivity contribution in [3.8, 4) is 0 Å². The van der Waals surface area contributed by atoms with Gasteiger partial charge in [0.05, 0.1) is 4.92 Å². The van der Waals surface area contributed by atoms with Gasteiger partial charge in [-0.1, -0.05) is 0 Å². The van der Waals surface area contributed by atoms with E-state index in [9.17, 15) is 10.1 Å². The second-order valence-corrected chi connectivity index (χ2v) is 3.37. The standard InChI is InChI=1S/C6H4BrNO2S/c7-6-4-11-3-5(6)1-2-8(9)10/h1-4H/b2-1-. The molecule has 1 aromatic rings. The van der Waals surface area contributed by atoms with E-state index in [-0.39, 0.29) is 0 Å². The maximum absolute atomic E-state index is 9.91. The lowest BCUT2D eigenvalue weighted by molar-refractivity contribution is -0.400. The van der Waals surface area contributed by atoms with Crippen molar-refractivity contribution < 1.29 is 4.92 Å². The topological polar surface area (TPSA) is 43.1 Å². The Kier molecular flexibility index (Phi) is 2.78. The highest BCUT2D eigenvalue weighted by atomic mass is 79.9. The minimum Gasteiger partial charge on any atom is -0.259 e. The van der Waals surface area contributed by atoms with Gasteiger partial charge < -0.3 is 0 Å². The van der Waals surface area contributed by atoms with Crippen LogP contribution >= 0.6 is 27.3 Å². The summed E-state index contributed by atoms with van der Waals surface area (Å²) in [5.41, 5.74) is 0.840. The molecule has 1 heterocycles. The van der Waals surface area contributed by atoms with Gasteiger partial charge in [-0.25, -0.2) is 0 Å². The first-order valence-electron chi connectivity index (χ1n) is 2.73. The summed E-state index contributed by atoms with van der Waals surface area (Å²) in [6, 6.07) is 0. The lowest BCUT2D eigenvalue weighted by Crippen LogP contribution is -1.81. The van der Waals surface area contributed by atoms with Crippen LogP contribution in [-0.2, 0) is 0 Å². The molecule has 0 aliphatic heterocycles. The van der Waals surface area contributed by atoms with Crippen molar-refractivity contribution in [2.45, 2.75) is 0 Å². The fraction of sp³-hybridized carbons (Fsp3) is 0. The van der Waals surface area contributed by atoms with Crippen LogP contribution in [-0.4, -0.2) is 4.92 Å². The van der Waals surface area contributed by atoms with Crippen LogP contribution in [0.4, 0.5) is 0 Å². The summed E-state index contributed by atoms with van der Waals surface area (Å²) in [5.74, 6) is 0. The zero-order chi connectivity index (χ0) is 8.27. The molecule has 0 unspecified atom stereocenters. The molecule has 0 aliphatic rings. The number of hydrogen-bond donors (Lipinski definition) is 0. The van der Waals surface area contributed by atoms with Gasteiger partial charge in [0.15, 0.2) is 0 Å². The van der Waals surface area contributed by atoms with Crippen molar-refractivity contribution in [3.63, 3.8) is 0 Å². The molecule has 1 rings (SSSR count). The summed E-state index contributed by atoms with van der Waals surface area (Å²) in [6.07, 6.45) is 2.38. The predicted octanol–water partition coefficient (Wildman–Crippen LogP) is 2.76.